The third-order valence-corrected chi connectivity index (χ3v) is 11.7. The number of allylic oxidation sites excluding steroid dienone is 1. The highest BCUT2D eigenvalue weighted by atomic mass is 16.6. The zero-order chi connectivity index (χ0) is 23.0. The Labute approximate surface area is 200 Å². The molecule has 0 bridgehead atoms. The molecule has 9 atom stereocenters. The lowest BCUT2D eigenvalue weighted by Gasteiger charge is -2.58. The van der Waals surface area contributed by atoms with Gasteiger partial charge in [-0.15, -0.1) is 0 Å². The average molecular weight is 457 g/mol. The van der Waals surface area contributed by atoms with Crippen LogP contribution in [-0.4, -0.2) is 67.9 Å². The molecule has 5 nitrogen and oxygen atoms in total. The third kappa shape index (κ3) is 3.27. The standard InChI is InChI=1S/C28H44N2O3/c1-18-23-7-8-25-22-6-5-19-15-20(30(4)26(31)33-21-11-14-32-16-21)9-12-27(19,2)24(22)10-13-28(23,25)17-29(18)3/h5,18,20-25H,6-17H2,1-4H3/t18-,20-,21?,22+,23+,24-,25-,27-,28?/m0/s1. The van der Waals surface area contributed by atoms with Gasteiger partial charge < -0.3 is 19.3 Å². The Hall–Kier alpha value is -1.07. The van der Waals surface area contributed by atoms with Crippen molar-refractivity contribution in [3.63, 3.8) is 0 Å². The number of carbonyl (C=O) groups excluding carboxylic acids is 1. The van der Waals surface area contributed by atoms with Crippen LogP contribution < -0.4 is 0 Å². The maximum atomic E-state index is 12.8. The summed E-state index contributed by atoms with van der Waals surface area (Å²) in [6, 6.07) is 1.03. The average Bonchev–Trinajstić information content (AvgIpc) is 3.49. The number of hydrogen-bond donors (Lipinski definition) is 0. The topological polar surface area (TPSA) is 42.0 Å². The van der Waals surface area contributed by atoms with Gasteiger partial charge in [0.2, 0.25) is 0 Å². The summed E-state index contributed by atoms with van der Waals surface area (Å²) in [6.07, 6.45) is 13.6. The van der Waals surface area contributed by atoms with E-state index in [1.807, 2.05) is 11.9 Å². The van der Waals surface area contributed by atoms with E-state index >= 15 is 0 Å². The maximum absolute atomic E-state index is 12.8. The highest BCUT2D eigenvalue weighted by molar-refractivity contribution is 5.68. The molecular formula is C28H44N2O3. The van der Waals surface area contributed by atoms with Crippen LogP contribution in [0.1, 0.15) is 71.6 Å². The van der Waals surface area contributed by atoms with E-state index in [1.54, 1.807) is 5.57 Å². The summed E-state index contributed by atoms with van der Waals surface area (Å²) in [5.41, 5.74) is 2.58. The molecule has 6 rings (SSSR count). The van der Waals surface area contributed by atoms with E-state index in [-0.39, 0.29) is 18.2 Å². The van der Waals surface area contributed by atoms with E-state index < -0.39 is 0 Å². The van der Waals surface area contributed by atoms with Gasteiger partial charge in [-0.1, -0.05) is 18.6 Å². The molecule has 4 aliphatic carbocycles. The molecule has 0 N–H and O–H groups in total. The molecule has 3 saturated carbocycles. The van der Waals surface area contributed by atoms with Crippen molar-refractivity contribution in [1.82, 2.24) is 9.80 Å². The number of fused-ring (bicyclic) bond motifs is 4. The fourth-order valence-corrected chi connectivity index (χ4v) is 9.75. The first-order valence-electron chi connectivity index (χ1n) is 13.7. The van der Waals surface area contributed by atoms with Crippen molar-refractivity contribution in [1.29, 1.82) is 0 Å². The molecule has 33 heavy (non-hydrogen) atoms. The van der Waals surface area contributed by atoms with Crippen LogP contribution in [0.3, 0.4) is 0 Å². The molecule has 2 saturated heterocycles. The Kier molecular flexibility index (Phi) is 5.42. The van der Waals surface area contributed by atoms with Crippen molar-refractivity contribution in [3.05, 3.63) is 11.6 Å². The van der Waals surface area contributed by atoms with Crippen molar-refractivity contribution in [3.8, 4) is 0 Å². The van der Waals surface area contributed by atoms with E-state index in [4.69, 9.17) is 9.47 Å². The Morgan fingerprint density at radius 1 is 1.15 bits per heavy atom. The second-order valence-electron chi connectivity index (χ2n) is 12.7. The zero-order valence-electron chi connectivity index (χ0n) is 21.2. The van der Waals surface area contributed by atoms with Crippen LogP contribution >= 0.6 is 0 Å². The van der Waals surface area contributed by atoms with Gasteiger partial charge in [0.1, 0.15) is 6.10 Å². The molecule has 2 heterocycles. The zero-order valence-corrected chi connectivity index (χ0v) is 21.2. The van der Waals surface area contributed by atoms with Crippen molar-refractivity contribution in [2.45, 2.75) is 89.8 Å². The van der Waals surface area contributed by atoms with Gasteiger partial charge in [0.05, 0.1) is 13.2 Å². The quantitative estimate of drug-likeness (QED) is 0.542. The van der Waals surface area contributed by atoms with Crippen LogP contribution in [-0.2, 0) is 9.47 Å². The summed E-state index contributed by atoms with van der Waals surface area (Å²) in [5.74, 6) is 3.55. The predicted molar refractivity (Wildman–Crippen MR) is 129 cm³/mol. The molecule has 2 aliphatic heterocycles. The minimum Gasteiger partial charge on any atom is -0.444 e. The number of carbonyl (C=O) groups is 1. The van der Waals surface area contributed by atoms with E-state index in [0.717, 1.165) is 49.0 Å². The van der Waals surface area contributed by atoms with Crippen LogP contribution in [0.2, 0.25) is 0 Å². The second-order valence-corrected chi connectivity index (χ2v) is 12.7. The molecular weight excluding hydrogens is 412 g/mol. The summed E-state index contributed by atoms with van der Waals surface area (Å²) in [4.78, 5) is 17.3. The Morgan fingerprint density at radius 2 is 1.97 bits per heavy atom. The summed E-state index contributed by atoms with van der Waals surface area (Å²) >= 11 is 0. The largest absolute Gasteiger partial charge is 0.444 e. The molecule has 1 spiro atoms. The van der Waals surface area contributed by atoms with Crippen molar-refractivity contribution in [2.75, 3.05) is 33.9 Å². The fraction of sp³-hybridized carbons (Fsp3) is 0.893. The van der Waals surface area contributed by atoms with Gasteiger partial charge in [-0.05, 0) is 99.8 Å². The summed E-state index contributed by atoms with van der Waals surface area (Å²) in [7, 11) is 4.31. The molecule has 1 amide bonds. The lowest BCUT2D eigenvalue weighted by molar-refractivity contribution is -0.0440. The predicted octanol–water partition coefficient (Wildman–Crippen LogP) is 5.11. The molecule has 5 fully saturated rings. The van der Waals surface area contributed by atoms with Gasteiger partial charge >= 0.3 is 6.09 Å². The first-order chi connectivity index (χ1) is 15.8. The van der Waals surface area contributed by atoms with Gasteiger partial charge in [0.15, 0.2) is 0 Å². The smallest absolute Gasteiger partial charge is 0.410 e. The highest BCUT2D eigenvalue weighted by Gasteiger charge is 2.64. The normalized spacial score (nSPS) is 49.0. The summed E-state index contributed by atoms with van der Waals surface area (Å²) < 4.78 is 11.1. The first kappa shape index (κ1) is 22.4. The third-order valence-electron chi connectivity index (χ3n) is 11.7. The van der Waals surface area contributed by atoms with Crippen LogP contribution in [0.25, 0.3) is 0 Å². The maximum Gasteiger partial charge on any atom is 0.410 e. The SMILES string of the molecule is C[C@H]1[C@H]2CC[C@H]3[C@@H]4CC=C5C[C@@H](N(C)C(=O)OC6CCOC6)CC[C@]5(C)[C@H]4CCC23CN1C. The van der Waals surface area contributed by atoms with Crippen molar-refractivity contribution < 1.29 is 14.3 Å². The van der Waals surface area contributed by atoms with Crippen LogP contribution in [0.15, 0.2) is 11.6 Å². The van der Waals surface area contributed by atoms with E-state index in [0.29, 0.717) is 24.0 Å². The monoisotopic (exact) mass is 456 g/mol. The fourth-order valence-electron chi connectivity index (χ4n) is 9.75. The van der Waals surface area contributed by atoms with E-state index in [1.165, 1.54) is 45.1 Å². The van der Waals surface area contributed by atoms with Gasteiger partial charge in [0, 0.05) is 32.1 Å². The second kappa shape index (κ2) is 7.98. The highest BCUT2D eigenvalue weighted by Crippen LogP contribution is 2.68. The van der Waals surface area contributed by atoms with Gasteiger partial charge in [-0.25, -0.2) is 4.79 Å². The number of amides is 1. The lowest BCUT2D eigenvalue weighted by Crippen LogP contribution is -2.53. The molecule has 184 valence electrons. The van der Waals surface area contributed by atoms with Crippen molar-refractivity contribution in [2.24, 2.45) is 34.5 Å². The van der Waals surface area contributed by atoms with E-state index in [2.05, 4.69) is 31.9 Å². The molecule has 5 heteroatoms. The summed E-state index contributed by atoms with van der Waals surface area (Å²) in [5, 5.41) is 0. The number of ether oxygens (including phenoxy) is 2. The van der Waals surface area contributed by atoms with E-state index in [9.17, 15) is 4.79 Å². The molecule has 6 aliphatic rings. The molecule has 0 aromatic carbocycles. The Morgan fingerprint density at radius 3 is 2.76 bits per heavy atom. The number of likely N-dealkylation sites (tertiary alicyclic amines) is 1. The number of nitrogens with zero attached hydrogens (tertiary/aromatic N) is 2. The summed E-state index contributed by atoms with van der Waals surface area (Å²) in [6.45, 7) is 7.65. The molecule has 0 aromatic heterocycles. The number of rotatable bonds is 2. The van der Waals surface area contributed by atoms with Crippen LogP contribution in [0, 0.1) is 34.5 Å². The molecule has 2 unspecified atom stereocenters. The van der Waals surface area contributed by atoms with Crippen LogP contribution in [0.4, 0.5) is 4.79 Å². The Balaban J connectivity index is 1.17. The first-order valence-corrected chi connectivity index (χ1v) is 13.7. The van der Waals surface area contributed by atoms with Crippen molar-refractivity contribution >= 4 is 6.09 Å². The minimum atomic E-state index is -0.163. The van der Waals surface area contributed by atoms with Crippen LogP contribution in [0.5, 0.6) is 0 Å². The van der Waals surface area contributed by atoms with Gasteiger partial charge in [-0.3, -0.25) is 0 Å². The van der Waals surface area contributed by atoms with Gasteiger partial charge in [0.25, 0.3) is 0 Å². The molecule has 0 radical (unpaired) electrons. The minimum absolute atomic E-state index is 0.0643. The number of hydrogen-bond acceptors (Lipinski definition) is 4. The molecule has 0 aromatic rings. The van der Waals surface area contributed by atoms with Gasteiger partial charge in [-0.2, -0.15) is 0 Å². The lowest BCUT2D eigenvalue weighted by atomic mass is 9.47. The Bertz CT molecular complexity index is 822.